The zero-order valence-corrected chi connectivity index (χ0v) is 16.4. The molecule has 25 heavy (non-hydrogen) atoms. The van der Waals surface area contributed by atoms with E-state index in [0.717, 1.165) is 0 Å². The second kappa shape index (κ2) is 8.21. The van der Waals surface area contributed by atoms with Crippen LogP contribution in [-0.4, -0.2) is 31.8 Å². The van der Waals surface area contributed by atoms with Gasteiger partial charge in [0, 0.05) is 18.2 Å². The van der Waals surface area contributed by atoms with Crippen molar-refractivity contribution in [2.45, 2.75) is 32.9 Å². The van der Waals surface area contributed by atoms with Crippen molar-refractivity contribution in [1.82, 2.24) is 20.3 Å². The number of halogens is 2. The summed E-state index contributed by atoms with van der Waals surface area (Å²) in [6.07, 6.45) is 1.76. The van der Waals surface area contributed by atoms with Crippen LogP contribution in [0.1, 0.15) is 36.8 Å². The summed E-state index contributed by atoms with van der Waals surface area (Å²) in [6, 6.07) is 4.70. The number of hydrogen-bond donors (Lipinski definition) is 1. The van der Waals surface area contributed by atoms with Crippen molar-refractivity contribution in [3.63, 3.8) is 0 Å². The van der Waals surface area contributed by atoms with Crippen LogP contribution in [0.25, 0.3) is 0 Å². The minimum Gasteiger partial charge on any atom is -0.341 e. The molecule has 6 nitrogen and oxygen atoms in total. The summed E-state index contributed by atoms with van der Waals surface area (Å²) < 4.78 is 1.65. The lowest BCUT2D eigenvalue weighted by Gasteiger charge is -2.23. The van der Waals surface area contributed by atoms with Crippen molar-refractivity contribution in [1.29, 1.82) is 0 Å². The Bertz CT molecular complexity index is 792. The Balaban J connectivity index is 2.05. The van der Waals surface area contributed by atoms with Gasteiger partial charge in [-0.2, -0.15) is 0 Å². The van der Waals surface area contributed by atoms with Crippen molar-refractivity contribution in [3.8, 4) is 0 Å². The fourth-order valence-corrected chi connectivity index (χ4v) is 2.90. The normalized spacial score (nSPS) is 11.4. The van der Waals surface area contributed by atoms with E-state index in [1.54, 1.807) is 23.0 Å². The minimum absolute atomic E-state index is 0.0644. The average Bonchev–Trinajstić information content (AvgIpc) is 2.99. The third-order valence-electron chi connectivity index (χ3n) is 3.41. The predicted molar refractivity (Wildman–Crippen MR) is 100 cm³/mol. The van der Waals surface area contributed by atoms with Crippen LogP contribution < -0.4 is 5.32 Å². The molecule has 1 heterocycles. The molecule has 0 aliphatic carbocycles. The largest absolute Gasteiger partial charge is 0.341 e. The Morgan fingerprint density at radius 3 is 2.64 bits per heavy atom. The van der Waals surface area contributed by atoms with E-state index in [9.17, 15) is 9.59 Å². The number of amides is 1. The van der Waals surface area contributed by atoms with E-state index < -0.39 is 5.54 Å². The number of aryl methyl sites for hydroxylation is 1. The minimum atomic E-state index is -0.727. The molecule has 2 aromatic rings. The topological polar surface area (TPSA) is 76.9 Å². The molecule has 1 aromatic heterocycles. The molecule has 0 spiro atoms. The second-order valence-electron chi connectivity index (χ2n) is 5.91. The van der Waals surface area contributed by atoms with Crippen LogP contribution in [-0.2, 0) is 16.9 Å². The monoisotopic (exact) mass is 400 g/mol. The zero-order chi connectivity index (χ0) is 18.6. The highest BCUT2D eigenvalue weighted by Crippen LogP contribution is 2.24. The number of carbonyl (C=O) groups excluding carboxylic acids is 2. The van der Waals surface area contributed by atoms with Crippen molar-refractivity contribution in [2.24, 2.45) is 0 Å². The van der Waals surface area contributed by atoms with Gasteiger partial charge >= 0.3 is 0 Å². The number of benzene rings is 1. The lowest BCUT2D eigenvalue weighted by molar-refractivity contribution is -0.109. The predicted octanol–water partition coefficient (Wildman–Crippen LogP) is 3.53. The maximum absolute atomic E-state index is 12.4. The number of hydrogen-bond acceptors (Lipinski definition) is 5. The molecule has 0 atom stereocenters. The lowest BCUT2D eigenvalue weighted by atomic mass is 10.0. The van der Waals surface area contributed by atoms with Crippen LogP contribution in [0.3, 0.4) is 0 Å². The number of nitrogens with one attached hydrogen (secondary N) is 1. The first-order valence-electron chi connectivity index (χ1n) is 7.50. The molecule has 1 N–H and O–H groups in total. The fraction of sp³-hybridized carbons (Fsp3) is 0.375. The van der Waals surface area contributed by atoms with Gasteiger partial charge in [-0.15, -0.1) is 5.10 Å². The number of carbonyl (C=O) groups is 2. The standard InChI is InChI=1S/C16H18Cl2N4O2S/c1-10(23)25-7-6-22-9-14(20-21-22)16(2,3)19-15(24)11-4-5-12(17)13(18)8-11/h4-5,8-9H,6-7H2,1-3H3,(H,19,24). The van der Waals surface area contributed by atoms with E-state index in [-0.39, 0.29) is 11.0 Å². The summed E-state index contributed by atoms with van der Waals surface area (Å²) in [5.74, 6) is 0.332. The SMILES string of the molecule is CC(=O)SCCn1cc(C(C)(C)NC(=O)c2ccc(Cl)c(Cl)c2)nn1. The van der Waals surface area contributed by atoms with Crippen LogP contribution in [0, 0.1) is 0 Å². The van der Waals surface area contributed by atoms with Gasteiger partial charge in [0.05, 0.1) is 28.3 Å². The van der Waals surface area contributed by atoms with E-state index in [1.807, 2.05) is 13.8 Å². The summed E-state index contributed by atoms with van der Waals surface area (Å²) in [4.78, 5) is 23.4. The third-order valence-corrected chi connectivity index (χ3v) is 4.94. The first kappa shape index (κ1) is 19.8. The Hall–Kier alpha value is -1.57. The van der Waals surface area contributed by atoms with E-state index in [0.29, 0.717) is 33.6 Å². The number of rotatable bonds is 6. The summed E-state index contributed by atoms with van der Waals surface area (Å²) in [5, 5.41) is 11.8. The Morgan fingerprint density at radius 1 is 1.28 bits per heavy atom. The molecule has 0 unspecified atom stereocenters. The first-order chi connectivity index (χ1) is 11.7. The molecule has 0 fully saturated rings. The molecule has 2 rings (SSSR count). The van der Waals surface area contributed by atoms with Gasteiger partial charge in [-0.05, 0) is 32.0 Å². The van der Waals surface area contributed by atoms with Gasteiger partial charge in [0.2, 0.25) is 0 Å². The Kier molecular flexibility index (Phi) is 6.48. The summed E-state index contributed by atoms with van der Waals surface area (Å²) >= 11 is 13.1. The fourth-order valence-electron chi connectivity index (χ4n) is 2.03. The van der Waals surface area contributed by atoms with Crippen LogP contribution in [0.15, 0.2) is 24.4 Å². The molecule has 0 aliphatic rings. The molecule has 0 aliphatic heterocycles. The van der Waals surface area contributed by atoms with Gasteiger partial charge in [0.1, 0.15) is 5.69 Å². The summed E-state index contributed by atoms with van der Waals surface area (Å²) in [7, 11) is 0. The van der Waals surface area contributed by atoms with Crippen molar-refractivity contribution >= 4 is 46.0 Å². The molecule has 0 saturated carbocycles. The van der Waals surface area contributed by atoms with Crippen LogP contribution >= 0.6 is 35.0 Å². The van der Waals surface area contributed by atoms with Gasteiger partial charge in [0.15, 0.2) is 5.12 Å². The molecule has 1 aromatic carbocycles. The number of thioether (sulfide) groups is 1. The van der Waals surface area contributed by atoms with Gasteiger partial charge in [-0.1, -0.05) is 40.2 Å². The first-order valence-corrected chi connectivity index (χ1v) is 9.25. The van der Waals surface area contributed by atoms with E-state index in [4.69, 9.17) is 23.2 Å². The van der Waals surface area contributed by atoms with Gasteiger partial charge in [0.25, 0.3) is 5.91 Å². The van der Waals surface area contributed by atoms with E-state index >= 15 is 0 Å². The van der Waals surface area contributed by atoms with Crippen molar-refractivity contribution in [2.75, 3.05) is 5.75 Å². The molecular weight excluding hydrogens is 383 g/mol. The Labute approximate surface area is 160 Å². The zero-order valence-electron chi connectivity index (χ0n) is 14.0. The molecular formula is C16H18Cl2N4O2S. The van der Waals surface area contributed by atoms with Crippen LogP contribution in [0.4, 0.5) is 0 Å². The highest BCUT2D eigenvalue weighted by Gasteiger charge is 2.27. The summed E-state index contributed by atoms with van der Waals surface area (Å²) in [6.45, 7) is 5.76. The average molecular weight is 401 g/mol. The molecule has 1 amide bonds. The second-order valence-corrected chi connectivity index (χ2v) is 8.00. The molecule has 0 radical (unpaired) electrons. The Morgan fingerprint density at radius 2 is 2.00 bits per heavy atom. The highest BCUT2D eigenvalue weighted by molar-refractivity contribution is 8.13. The van der Waals surface area contributed by atoms with Crippen molar-refractivity contribution in [3.05, 3.63) is 45.7 Å². The lowest BCUT2D eigenvalue weighted by Crippen LogP contribution is -2.41. The van der Waals surface area contributed by atoms with Gasteiger partial charge in [-0.3, -0.25) is 14.3 Å². The molecule has 134 valence electrons. The molecule has 0 saturated heterocycles. The molecule has 9 heteroatoms. The van der Waals surface area contributed by atoms with Gasteiger partial charge in [-0.25, -0.2) is 0 Å². The maximum atomic E-state index is 12.4. The quantitative estimate of drug-likeness (QED) is 0.802. The van der Waals surface area contributed by atoms with Crippen LogP contribution in [0.5, 0.6) is 0 Å². The molecule has 0 bridgehead atoms. The van der Waals surface area contributed by atoms with Crippen LogP contribution in [0.2, 0.25) is 10.0 Å². The number of nitrogens with zero attached hydrogens (tertiary/aromatic N) is 3. The van der Waals surface area contributed by atoms with E-state index in [1.165, 1.54) is 24.8 Å². The maximum Gasteiger partial charge on any atom is 0.252 e. The van der Waals surface area contributed by atoms with Gasteiger partial charge < -0.3 is 5.32 Å². The smallest absolute Gasteiger partial charge is 0.252 e. The number of aromatic nitrogens is 3. The summed E-state index contributed by atoms with van der Waals surface area (Å²) in [5.41, 5.74) is 0.302. The third kappa shape index (κ3) is 5.45. The van der Waals surface area contributed by atoms with E-state index in [2.05, 4.69) is 15.6 Å². The van der Waals surface area contributed by atoms with Crippen molar-refractivity contribution < 1.29 is 9.59 Å². The highest BCUT2D eigenvalue weighted by atomic mass is 35.5.